The first-order valence-electron chi connectivity index (χ1n) is 7.00. The van der Waals surface area contributed by atoms with Gasteiger partial charge in [0, 0.05) is 16.3 Å². The third-order valence-corrected chi connectivity index (χ3v) is 4.36. The summed E-state index contributed by atoms with van der Waals surface area (Å²) in [5.74, 6) is 1.32. The predicted octanol–water partition coefficient (Wildman–Crippen LogP) is 3.33. The van der Waals surface area contributed by atoms with Crippen LogP contribution in [0.4, 0.5) is 5.69 Å². The van der Waals surface area contributed by atoms with Crippen molar-refractivity contribution in [2.75, 3.05) is 5.73 Å². The lowest BCUT2D eigenvalue weighted by molar-refractivity contribution is 0.239. The summed E-state index contributed by atoms with van der Waals surface area (Å²) < 4.78 is 1.93. The van der Waals surface area contributed by atoms with Gasteiger partial charge in [-0.2, -0.15) is 0 Å². The Balaban J connectivity index is 2.01. The van der Waals surface area contributed by atoms with Gasteiger partial charge in [-0.15, -0.1) is 5.10 Å². The van der Waals surface area contributed by atoms with Crippen LogP contribution >= 0.6 is 11.6 Å². The van der Waals surface area contributed by atoms with E-state index in [4.69, 9.17) is 17.3 Å². The standard InChI is InChI=1S/C14H18ClN5/c1-9-4-2-3-5-13(9)20-14(17-18-19-20)11-7-6-10(15)8-12(11)16/h6-9,13H,2-5,16H2,1H3. The SMILES string of the molecule is CC1CCCCC1n1nnnc1-c1ccc(Cl)cc1N. The van der Waals surface area contributed by atoms with Crippen LogP contribution in [-0.4, -0.2) is 20.2 Å². The lowest BCUT2D eigenvalue weighted by Crippen LogP contribution is -2.23. The van der Waals surface area contributed by atoms with Crippen molar-refractivity contribution < 1.29 is 0 Å². The number of anilines is 1. The van der Waals surface area contributed by atoms with Crippen molar-refractivity contribution in [2.45, 2.75) is 38.6 Å². The van der Waals surface area contributed by atoms with Crippen LogP contribution in [-0.2, 0) is 0 Å². The molecule has 1 aliphatic carbocycles. The second-order valence-electron chi connectivity index (χ2n) is 5.51. The second-order valence-corrected chi connectivity index (χ2v) is 5.94. The summed E-state index contributed by atoms with van der Waals surface area (Å²) in [4.78, 5) is 0. The third kappa shape index (κ3) is 2.38. The van der Waals surface area contributed by atoms with Gasteiger partial charge in [0.2, 0.25) is 0 Å². The highest BCUT2D eigenvalue weighted by atomic mass is 35.5. The molecule has 1 aromatic heterocycles. The van der Waals surface area contributed by atoms with Crippen molar-refractivity contribution in [3.8, 4) is 11.4 Å². The van der Waals surface area contributed by atoms with Crippen LogP contribution in [0.2, 0.25) is 5.02 Å². The van der Waals surface area contributed by atoms with Crippen LogP contribution in [0.3, 0.4) is 0 Å². The highest BCUT2D eigenvalue weighted by Crippen LogP contribution is 2.36. The maximum atomic E-state index is 6.05. The number of halogens is 1. The molecule has 6 heteroatoms. The number of rotatable bonds is 2. The summed E-state index contributed by atoms with van der Waals surface area (Å²) in [6.07, 6.45) is 4.86. The third-order valence-electron chi connectivity index (χ3n) is 4.13. The Bertz CT molecular complexity index is 609. The Morgan fingerprint density at radius 2 is 2.10 bits per heavy atom. The van der Waals surface area contributed by atoms with Crippen LogP contribution < -0.4 is 5.73 Å². The number of nitrogen functional groups attached to an aromatic ring is 1. The fourth-order valence-corrected chi connectivity index (χ4v) is 3.17. The molecule has 1 fully saturated rings. The lowest BCUT2D eigenvalue weighted by Gasteiger charge is -2.29. The zero-order valence-corrected chi connectivity index (χ0v) is 12.2. The molecule has 1 saturated carbocycles. The van der Waals surface area contributed by atoms with Crippen molar-refractivity contribution in [3.05, 3.63) is 23.2 Å². The molecule has 2 atom stereocenters. The average molecular weight is 292 g/mol. The first-order chi connectivity index (χ1) is 9.66. The zero-order valence-electron chi connectivity index (χ0n) is 11.5. The normalized spacial score (nSPS) is 22.9. The topological polar surface area (TPSA) is 69.6 Å². The maximum absolute atomic E-state index is 6.05. The Kier molecular flexibility index (Phi) is 3.61. The molecular formula is C14H18ClN5. The minimum Gasteiger partial charge on any atom is -0.398 e. The van der Waals surface area contributed by atoms with E-state index in [2.05, 4.69) is 22.4 Å². The summed E-state index contributed by atoms with van der Waals surface area (Å²) in [6.45, 7) is 2.26. The molecule has 1 aromatic carbocycles. The Morgan fingerprint density at radius 3 is 2.85 bits per heavy atom. The van der Waals surface area contributed by atoms with E-state index in [0.717, 1.165) is 17.8 Å². The van der Waals surface area contributed by atoms with E-state index in [9.17, 15) is 0 Å². The van der Waals surface area contributed by atoms with Crippen molar-refractivity contribution >= 4 is 17.3 Å². The molecule has 0 saturated heterocycles. The number of nitrogens with zero attached hydrogens (tertiary/aromatic N) is 4. The van der Waals surface area contributed by atoms with Gasteiger partial charge in [0.15, 0.2) is 5.82 Å². The highest BCUT2D eigenvalue weighted by molar-refractivity contribution is 6.31. The molecule has 2 unspecified atom stereocenters. The van der Waals surface area contributed by atoms with Gasteiger partial charge in [-0.25, -0.2) is 4.68 Å². The molecule has 3 rings (SSSR count). The fraction of sp³-hybridized carbons (Fsp3) is 0.500. The van der Waals surface area contributed by atoms with Crippen molar-refractivity contribution in [2.24, 2.45) is 5.92 Å². The largest absolute Gasteiger partial charge is 0.398 e. The summed E-state index contributed by atoms with van der Waals surface area (Å²) >= 11 is 5.95. The number of benzene rings is 1. The molecule has 0 amide bonds. The fourth-order valence-electron chi connectivity index (χ4n) is 2.99. The second kappa shape index (κ2) is 5.40. The van der Waals surface area contributed by atoms with Crippen LogP contribution in [0.1, 0.15) is 38.6 Å². The van der Waals surface area contributed by atoms with E-state index in [0.29, 0.717) is 22.7 Å². The number of hydrogen-bond acceptors (Lipinski definition) is 4. The molecule has 0 spiro atoms. The minimum atomic E-state index is 0.351. The molecule has 0 aliphatic heterocycles. The van der Waals surface area contributed by atoms with E-state index >= 15 is 0 Å². The van der Waals surface area contributed by atoms with Crippen LogP contribution in [0, 0.1) is 5.92 Å². The first kappa shape index (κ1) is 13.4. The van der Waals surface area contributed by atoms with Crippen molar-refractivity contribution in [3.63, 3.8) is 0 Å². The molecule has 20 heavy (non-hydrogen) atoms. The van der Waals surface area contributed by atoms with E-state index in [1.807, 2.05) is 16.8 Å². The number of aromatic nitrogens is 4. The van der Waals surface area contributed by atoms with Gasteiger partial charge < -0.3 is 5.73 Å². The molecule has 106 valence electrons. The summed E-state index contributed by atoms with van der Waals surface area (Å²) in [5.41, 5.74) is 7.51. The highest BCUT2D eigenvalue weighted by Gasteiger charge is 2.27. The van der Waals surface area contributed by atoms with Crippen LogP contribution in [0.15, 0.2) is 18.2 Å². The van der Waals surface area contributed by atoms with E-state index in [-0.39, 0.29) is 0 Å². The van der Waals surface area contributed by atoms with Gasteiger partial charge in [0.05, 0.1) is 6.04 Å². The number of nitrogens with two attached hydrogens (primary N) is 1. The number of tetrazole rings is 1. The summed E-state index contributed by atoms with van der Waals surface area (Å²) in [7, 11) is 0. The van der Waals surface area contributed by atoms with Crippen LogP contribution in [0.5, 0.6) is 0 Å². The van der Waals surface area contributed by atoms with Crippen molar-refractivity contribution in [1.29, 1.82) is 0 Å². The maximum Gasteiger partial charge on any atom is 0.184 e. The molecule has 2 aromatic rings. The smallest absolute Gasteiger partial charge is 0.184 e. The molecule has 2 N–H and O–H groups in total. The van der Waals surface area contributed by atoms with Crippen molar-refractivity contribution in [1.82, 2.24) is 20.2 Å². The predicted molar refractivity (Wildman–Crippen MR) is 79.3 cm³/mol. The van der Waals surface area contributed by atoms with E-state index in [1.54, 1.807) is 6.07 Å². The Labute approximate surface area is 123 Å². The average Bonchev–Trinajstić information content (AvgIpc) is 2.88. The van der Waals surface area contributed by atoms with Gasteiger partial charge in [-0.05, 0) is 47.4 Å². The zero-order chi connectivity index (χ0) is 14.1. The molecule has 1 heterocycles. The van der Waals surface area contributed by atoms with Gasteiger partial charge in [0.25, 0.3) is 0 Å². The van der Waals surface area contributed by atoms with Gasteiger partial charge in [-0.3, -0.25) is 0 Å². The molecule has 5 nitrogen and oxygen atoms in total. The van der Waals surface area contributed by atoms with Gasteiger partial charge >= 0.3 is 0 Å². The van der Waals surface area contributed by atoms with E-state index in [1.165, 1.54) is 19.3 Å². The quantitative estimate of drug-likeness (QED) is 0.862. The van der Waals surface area contributed by atoms with Gasteiger partial charge in [0.1, 0.15) is 0 Å². The molecule has 0 bridgehead atoms. The Hall–Kier alpha value is -1.62. The monoisotopic (exact) mass is 291 g/mol. The van der Waals surface area contributed by atoms with E-state index < -0.39 is 0 Å². The summed E-state index contributed by atoms with van der Waals surface area (Å²) in [6, 6.07) is 5.79. The van der Waals surface area contributed by atoms with Gasteiger partial charge in [-0.1, -0.05) is 31.4 Å². The minimum absolute atomic E-state index is 0.351. The first-order valence-corrected chi connectivity index (χ1v) is 7.38. The molecular weight excluding hydrogens is 274 g/mol. The lowest BCUT2D eigenvalue weighted by atomic mass is 9.86. The molecule has 0 radical (unpaired) electrons. The Morgan fingerprint density at radius 1 is 1.30 bits per heavy atom. The summed E-state index contributed by atoms with van der Waals surface area (Å²) in [5, 5.41) is 12.8. The van der Waals surface area contributed by atoms with Crippen LogP contribution in [0.25, 0.3) is 11.4 Å². The molecule has 1 aliphatic rings. The number of hydrogen-bond donors (Lipinski definition) is 1.